The van der Waals surface area contributed by atoms with Gasteiger partial charge >= 0.3 is 20.2 Å². The summed E-state index contributed by atoms with van der Waals surface area (Å²) < 4.78 is 231. The number of nitrogens with zero attached hydrogens (tertiary/aromatic N) is 6. The van der Waals surface area contributed by atoms with Crippen molar-refractivity contribution in [3.63, 3.8) is 0 Å². The molecular weight excluding hydrogens is 1140 g/mol. The Morgan fingerprint density at radius 3 is 2.03 bits per heavy atom. The monoisotopic (exact) mass is 1190 g/mol. The number of hydrogen-bond acceptors (Lipinski definition) is 12. The zero-order valence-corrected chi connectivity index (χ0v) is 46.4. The third kappa shape index (κ3) is 13.3. The lowest BCUT2D eigenvalue weighted by Crippen LogP contribution is -2.35. The van der Waals surface area contributed by atoms with E-state index in [-0.39, 0.29) is 33.5 Å². The number of aromatic nitrogens is 5. The average Bonchev–Trinajstić information content (AvgIpc) is 3.75. The van der Waals surface area contributed by atoms with Gasteiger partial charge in [0.25, 0.3) is 5.92 Å². The molecule has 5 aromatic rings. The van der Waals surface area contributed by atoms with Crippen LogP contribution in [0.4, 0.5) is 49.7 Å². The smallest absolute Gasteiger partial charge is 0.346 e. The summed E-state index contributed by atoms with van der Waals surface area (Å²) >= 11 is 6.75. The van der Waals surface area contributed by atoms with Crippen molar-refractivity contribution >= 4 is 61.9 Å². The predicted molar refractivity (Wildman–Crippen MR) is 265 cm³/mol. The zero-order chi connectivity index (χ0) is 58.5. The number of rotatable bonds is 16. The molecule has 1 saturated carbocycles. The molecule has 2 aliphatic rings. The average molecular weight is 1190 g/mol. The number of sulfone groups is 1. The highest BCUT2D eigenvalue weighted by Crippen LogP contribution is 2.68. The van der Waals surface area contributed by atoms with Gasteiger partial charge in [0.15, 0.2) is 21.3 Å². The summed E-state index contributed by atoms with van der Waals surface area (Å²) in [5.41, 5.74) is -8.32. The minimum Gasteiger partial charge on any atom is -0.346 e. The molecule has 7 rings (SSSR count). The van der Waals surface area contributed by atoms with E-state index in [9.17, 15) is 61.3 Å². The lowest BCUT2D eigenvalue weighted by Gasteiger charge is -2.32. The van der Waals surface area contributed by atoms with Gasteiger partial charge in [-0.3, -0.25) is 27.7 Å². The van der Waals surface area contributed by atoms with Crippen LogP contribution in [-0.4, -0.2) is 88.7 Å². The van der Waals surface area contributed by atoms with Crippen molar-refractivity contribution in [1.29, 1.82) is 0 Å². The number of pyridine rings is 1. The van der Waals surface area contributed by atoms with Gasteiger partial charge in [0.05, 0.1) is 45.1 Å². The number of alkyl halides is 8. The van der Waals surface area contributed by atoms with Crippen molar-refractivity contribution in [2.24, 2.45) is 5.92 Å². The Kier molecular flexibility index (Phi) is 15.7. The Balaban J connectivity index is 1.47. The number of benzene rings is 2. The molecule has 426 valence electrons. The molecule has 2 aliphatic carbocycles. The summed E-state index contributed by atoms with van der Waals surface area (Å²) in [4.78, 5) is 18.8. The van der Waals surface area contributed by atoms with Crippen LogP contribution in [0.3, 0.4) is 0 Å². The number of carbonyl (C=O) groups excluding carboxylic acids is 1. The summed E-state index contributed by atoms with van der Waals surface area (Å²) in [6.07, 6.45) is -9.85. The molecule has 1 unspecified atom stereocenters. The van der Waals surface area contributed by atoms with Crippen LogP contribution in [0.25, 0.3) is 22.0 Å². The van der Waals surface area contributed by atoms with Crippen molar-refractivity contribution in [3.05, 3.63) is 93.0 Å². The van der Waals surface area contributed by atoms with Gasteiger partial charge in [-0.15, -0.1) is 0 Å². The second-order valence-corrected chi connectivity index (χ2v) is 27.6. The molecule has 1 fully saturated rings. The predicted octanol–water partition coefficient (Wildman–Crippen LogP) is 10.8. The minimum absolute atomic E-state index is 0.197. The van der Waals surface area contributed by atoms with E-state index in [2.05, 4.69) is 32.3 Å². The van der Waals surface area contributed by atoms with E-state index in [0.717, 1.165) is 36.6 Å². The zero-order valence-electron chi connectivity index (χ0n) is 43.1. The standard InChI is InChI=1S/C48H51ClF10N7O9PS2/c1-43(2,3)74-76(68,75-44(4,5)6)73-24-66(78(10,71)72)42-37-33(49)14-13-30(39(37)65(63-42)23-46(52,53)54)29-12-11-28(15-16-45(7,8)77(9,69)70)60-38(29)34(19-25-17-26(50)20-27(51)18-25)61-35(67)22-64-41-36(40(62-64)48(57,58)59)31-21-32(31)47(41,55)56/h11-14,17-18,20,31-32,34H,19,21-24H2,1-10H3,(H,61,67)/t31?,32-,34+/m1/s1. The highest BCUT2D eigenvalue weighted by atomic mass is 35.5. The number of amides is 1. The molecule has 0 saturated heterocycles. The first kappa shape index (κ1) is 60.3. The van der Waals surface area contributed by atoms with Crippen LogP contribution in [0.2, 0.25) is 5.02 Å². The Bertz CT molecular complexity index is 3530. The van der Waals surface area contributed by atoms with Gasteiger partial charge in [-0.1, -0.05) is 23.6 Å². The van der Waals surface area contributed by atoms with Crippen LogP contribution in [0.15, 0.2) is 42.5 Å². The second kappa shape index (κ2) is 20.4. The van der Waals surface area contributed by atoms with Gasteiger partial charge < -0.3 is 5.32 Å². The first-order valence-corrected chi connectivity index (χ1v) is 28.9. The maximum atomic E-state index is 15.7. The van der Waals surface area contributed by atoms with Crippen LogP contribution in [-0.2, 0) is 74.4 Å². The minimum atomic E-state index is -5.23. The largest absolute Gasteiger partial charge is 0.477 e. The molecule has 3 atom stereocenters. The van der Waals surface area contributed by atoms with Gasteiger partial charge in [-0.05, 0) is 116 Å². The molecule has 0 aliphatic heterocycles. The Morgan fingerprint density at radius 2 is 1.49 bits per heavy atom. The molecule has 0 spiro atoms. The van der Waals surface area contributed by atoms with E-state index in [1.807, 2.05) is 0 Å². The van der Waals surface area contributed by atoms with Crippen molar-refractivity contribution in [3.8, 4) is 23.0 Å². The summed E-state index contributed by atoms with van der Waals surface area (Å²) in [6.45, 7) is 6.79. The molecule has 3 heterocycles. The van der Waals surface area contributed by atoms with E-state index in [1.165, 1.54) is 61.5 Å². The van der Waals surface area contributed by atoms with Crippen LogP contribution in [0.1, 0.15) is 108 Å². The molecule has 1 N–H and O–H groups in total. The highest BCUT2D eigenvalue weighted by molar-refractivity contribution is 7.92. The normalized spacial score (nSPS) is 17.3. The van der Waals surface area contributed by atoms with Crippen molar-refractivity contribution < 1.29 is 83.7 Å². The van der Waals surface area contributed by atoms with Crippen LogP contribution >= 0.6 is 19.4 Å². The summed E-state index contributed by atoms with van der Waals surface area (Å²) in [7, 11) is -13.4. The number of halogens is 11. The molecule has 0 radical (unpaired) electrons. The number of phosphoric ester groups is 1. The topological polar surface area (TPSA) is 194 Å². The molecule has 2 aromatic carbocycles. The molecule has 30 heteroatoms. The van der Waals surface area contributed by atoms with Crippen LogP contribution in [0, 0.1) is 29.4 Å². The van der Waals surface area contributed by atoms with E-state index in [0.29, 0.717) is 21.3 Å². The number of fused-ring (bicyclic) bond motifs is 4. The third-order valence-electron chi connectivity index (χ3n) is 12.0. The number of anilines is 1. The van der Waals surface area contributed by atoms with Gasteiger partial charge in [0.2, 0.25) is 15.9 Å². The van der Waals surface area contributed by atoms with Gasteiger partial charge in [0.1, 0.15) is 47.6 Å². The number of phosphoric acid groups is 1. The van der Waals surface area contributed by atoms with Gasteiger partial charge in [0, 0.05) is 34.9 Å². The second-order valence-electron chi connectivity index (χ2n) is 21.2. The molecule has 78 heavy (non-hydrogen) atoms. The van der Waals surface area contributed by atoms with Crippen LogP contribution in [0.5, 0.6) is 0 Å². The number of sulfonamides is 1. The fourth-order valence-electron chi connectivity index (χ4n) is 8.61. The van der Waals surface area contributed by atoms with Crippen LogP contribution < -0.4 is 9.62 Å². The number of nitrogens with one attached hydrogen (secondary N) is 1. The Morgan fingerprint density at radius 1 is 0.897 bits per heavy atom. The maximum absolute atomic E-state index is 15.7. The maximum Gasteiger partial charge on any atom is 0.477 e. The molecule has 1 amide bonds. The van der Waals surface area contributed by atoms with E-state index >= 15 is 8.78 Å². The van der Waals surface area contributed by atoms with E-state index in [4.69, 9.17) is 25.2 Å². The first-order chi connectivity index (χ1) is 35.4. The van der Waals surface area contributed by atoms with Gasteiger partial charge in [-0.25, -0.2) is 39.5 Å². The van der Waals surface area contributed by atoms with E-state index in [1.54, 1.807) is 0 Å². The number of carbonyl (C=O) groups is 1. The van der Waals surface area contributed by atoms with E-state index < -0.39 is 168 Å². The molecular formula is C48H51ClF10N7O9PS2. The van der Waals surface area contributed by atoms with Crippen molar-refractivity contribution in [2.45, 2.75) is 128 Å². The summed E-state index contributed by atoms with van der Waals surface area (Å²) in [6, 6.07) is 4.88. The van der Waals surface area contributed by atoms with Crippen molar-refractivity contribution in [2.75, 3.05) is 23.5 Å². The summed E-state index contributed by atoms with van der Waals surface area (Å²) in [5, 5.41) is 8.94. The van der Waals surface area contributed by atoms with Gasteiger partial charge in [-0.2, -0.15) is 45.3 Å². The highest BCUT2D eigenvalue weighted by Gasteiger charge is 2.68. The first-order valence-electron chi connectivity index (χ1n) is 23.3. The fourth-order valence-corrected chi connectivity index (χ4v) is 11.6. The van der Waals surface area contributed by atoms with Crippen molar-refractivity contribution in [1.82, 2.24) is 29.9 Å². The Labute approximate surface area is 446 Å². The number of hydrogen-bond donors (Lipinski definition) is 1. The third-order valence-corrected chi connectivity index (χ3v) is 17.4. The molecule has 16 nitrogen and oxygen atoms in total. The summed E-state index contributed by atoms with van der Waals surface area (Å²) in [5.74, 6) is -5.88. The Hall–Kier alpha value is -5.30. The SMILES string of the molecule is CC(C)(C)OP(=O)(OCN(c1nn(CC(F)(F)F)c2c(-c3ccc(C#CC(C)(C)S(C)(=O)=O)nc3[C@H](Cc3cc(F)cc(F)c3)NC(=O)Cn3nc(C(F)(F)F)c4c3C(F)(F)[C@@H]3CC43)ccc(Cl)c12)S(C)(=O)=O)OC(C)(C)C. The fraction of sp³-hybridized carbons (Fsp3) is 0.500. The lowest BCUT2D eigenvalue weighted by atomic mass is 9.93. The molecule has 3 aromatic heterocycles. The quantitative estimate of drug-likeness (QED) is 0.0426. The molecule has 0 bridgehead atoms. The lowest BCUT2D eigenvalue weighted by molar-refractivity contribution is -0.143.